The molecule has 0 spiro atoms. The number of aliphatic carboxylic acids is 1. The Morgan fingerprint density at radius 2 is 2.04 bits per heavy atom. The molecule has 2 aromatic rings. The fourth-order valence-electron chi connectivity index (χ4n) is 3.73. The third-order valence-corrected chi connectivity index (χ3v) is 5.36. The normalized spacial score (nSPS) is 18.1. The molecule has 3 rings (SSSR count). The number of aryl methyl sites for hydroxylation is 2. The molecule has 1 unspecified atom stereocenters. The number of carbonyl (C=O) groups is 1. The van der Waals surface area contributed by atoms with Gasteiger partial charge in [-0.1, -0.05) is 31.2 Å². The van der Waals surface area contributed by atoms with E-state index >= 15 is 0 Å². The highest BCUT2D eigenvalue weighted by molar-refractivity contribution is 5.98. The molecular formula is C21H27N3O3. The first-order chi connectivity index (χ1) is 12.9. The van der Waals surface area contributed by atoms with Gasteiger partial charge in [-0.25, -0.2) is 4.79 Å². The van der Waals surface area contributed by atoms with Crippen LogP contribution >= 0.6 is 0 Å². The summed E-state index contributed by atoms with van der Waals surface area (Å²) in [5, 5.41) is 16.5. The van der Waals surface area contributed by atoms with Crippen LogP contribution in [0.25, 0.3) is 0 Å². The Morgan fingerprint density at radius 3 is 2.70 bits per heavy atom. The molecule has 0 aromatic heterocycles. The van der Waals surface area contributed by atoms with Crippen LogP contribution in [0.4, 0.5) is 17.1 Å². The highest BCUT2D eigenvalue weighted by atomic mass is 16.5. The van der Waals surface area contributed by atoms with Gasteiger partial charge < -0.3 is 25.4 Å². The predicted octanol–water partition coefficient (Wildman–Crippen LogP) is 3.46. The number of methoxy groups -OCH3 is 1. The van der Waals surface area contributed by atoms with Crippen LogP contribution in [-0.4, -0.2) is 37.5 Å². The van der Waals surface area contributed by atoms with Gasteiger partial charge >= 0.3 is 5.97 Å². The summed E-state index contributed by atoms with van der Waals surface area (Å²) in [6.45, 7) is 4.99. The van der Waals surface area contributed by atoms with Crippen LogP contribution in [0.3, 0.4) is 0 Å². The standard InChI is InChI=1S/C21H27N3O3/c1-5-15-9-6-8-14(2)16(15)12-22-17-10-7-11-18-19(17)23-21(13-27-4,20(25)26)24(18)3/h6-11,22-23H,5,12-13H2,1-4H3,(H,25,26). The van der Waals surface area contributed by atoms with Crippen molar-refractivity contribution in [2.75, 3.05) is 36.3 Å². The fourth-order valence-corrected chi connectivity index (χ4v) is 3.73. The lowest BCUT2D eigenvalue weighted by Crippen LogP contribution is -2.58. The van der Waals surface area contributed by atoms with Crippen molar-refractivity contribution < 1.29 is 14.6 Å². The van der Waals surface area contributed by atoms with Crippen molar-refractivity contribution >= 4 is 23.0 Å². The van der Waals surface area contributed by atoms with Gasteiger partial charge in [-0.15, -0.1) is 0 Å². The maximum atomic E-state index is 12.0. The number of carboxylic acids is 1. The Balaban J connectivity index is 1.91. The van der Waals surface area contributed by atoms with Crippen LogP contribution in [0.2, 0.25) is 0 Å². The van der Waals surface area contributed by atoms with Crippen LogP contribution in [0.5, 0.6) is 0 Å². The lowest BCUT2D eigenvalue weighted by atomic mass is 10.00. The average Bonchev–Trinajstić information content (AvgIpc) is 2.95. The number of nitrogens with zero attached hydrogens (tertiary/aromatic N) is 1. The first kappa shape index (κ1) is 19.0. The second-order valence-electron chi connectivity index (χ2n) is 6.90. The van der Waals surface area contributed by atoms with E-state index in [-0.39, 0.29) is 6.61 Å². The van der Waals surface area contributed by atoms with Crippen LogP contribution in [0.1, 0.15) is 23.6 Å². The van der Waals surface area contributed by atoms with Crippen LogP contribution in [0.15, 0.2) is 36.4 Å². The van der Waals surface area contributed by atoms with E-state index in [1.54, 1.807) is 11.9 Å². The number of ether oxygens (including phenoxy) is 1. The number of rotatable bonds is 7. The van der Waals surface area contributed by atoms with Gasteiger partial charge in [0.15, 0.2) is 0 Å². The van der Waals surface area contributed by atoms with Gasteiger partial charge in [0.05, 0.1) is 23.7 Å². The molecule has 1 heterocycles. The van der Waals surface area contributed by atoms with Crippen LogP contribution in [-0.2, 0) is 22.5 Å². The number of likely N-dealkylation sites (N-methyl/N-ethyl adjacent to an activating group) is 1. The molecule has 0 radical (unpaired) electrons. The maximum absolute atomic E-state index is 12.0. The lowest BCUT2D eigenvalue weighted by Gasteiger charge is -2.32. The largest absolute Gasteiger partial charge is 0.478 e. The summed E-state index contributed by atoms with van der Waals surface area (Å²) in [5.74, 6) is -0.971. The minimum absolute atomic E-state index is 0.0325. The molecule has 144 valence electrons. The highest BCUT2D eigenvalue weighted by Gasteiger charge is 2.49. The second kappa shape index (κ2) is 7.48. The molecule has 1 aliphatic rings. The molecule has 0 saturated carbocycles. The number of hydrogen-bond acceptors (Lipinski definition) is 5. The summed E-state index contributed by atoms with van der Waals surface area (Å²) in [6, 6.07) is 12.2. The van der Waals surface area contributed by atoms with Crippen molar-refractivity contribution in [1.29, 1.82) is 0 Å². The fraction of sp³-hybridized carbons (Fsp3) is 0.381. The van der Waals surface area contributed by atoms with Gasteiger partial charge in [0, 0.05) is 20.7 Å². The lowest BCUT2D eigenvalue weighted by molar-refractivity contribution is -0.143. The molecule has 1 atom stereocenters. The van der Waals surface area contributed by atoms with Crippen molar-refractivity contribution in [1.82, 2.24) is 0 Å². The van der Waals surface area contributed by atoms with E-state index in [9.17, 15) is 9.90 Å². The second-order valence-corrected chi connectivity index (χ2v) is 6.90. The number of anilines is 3. The number of hydrogen-bond donors (Lipinski definition) is 3. The zero-order valence-electron chi connectivity index (χ0n) is 16.3. The van der Waals surface area contributed by atoms with Crippen molar-refractivity contribution in [3.05, 3.63) is 53.1 Å². The number of para-hydroxylation sites is 1. The molecule has 1 aliphatic heterocycles. The molecule has 0 saturated heterocycles. The maximum Gasteiger partial charge on any atom is 0.353 e. The third kappa shape index (κ3) is 3.21. The first-order valence-corrected chi connectivity index (χ1v) is 9.13. The third-order valence-electron chi connectivity index (χ3n) is 5.36. The van der Waals surface area contributed by atoms with E-state index < -0.39 is 11.6 Å². The van der Waals surface area contributed by atoms with Crippen molar-refractivity contribution in [3.8, 4) is 0 Å². The van der Waals surface area contributed by atoms with Crippen molar-refractivity contribution in [2.45, 2.75) is 32.5 Å². The SMILES string of the molecule is CCc1cccc(C)c1CNc1cccc2c1NC(COC)(C(=O)O)N2C. The van der Waals surface area contributed by atoms with Crippen molar-refractivity contribution in [3.63, 3.8) is 0 Å². The summed E-state index contributed by atoms with van der Waals surface area (Å²) in [5.41, 5.74) is 5.03. The molecule has 0 bridgehead atoms. The average molecular weight is 369 g/mol. The van der Waals surface area contributed by atoms with Crippen LogP contribution in [0, 0.1) is 6.92 Å². The number of benzene rings is 2. The quantitative estimate of drug-likeness (QED) is 0.694. The Kier molecular flexibility index (Phi) is 5.28. The van der Waals surface area contributed by atoms with E-state index in [1.807, 2.05) is 18.2 Å². The van der Waals surface area contributed by atoms with E-state index in [0.717, 1.165) is 23.5 Å². The van der Waals surface area contributed by atoms with Gasteiger partial charge in [-0.3, -0.25) is 0 Å². The zero-order chi connectivity index (χ0) is 19.6. The Morgan fingerprint density at radius 1 is 1.30 bits per heavy atom. The van der Waals surface area contributed by atoms with Gasteiger partial charge in [0.1, 0.15) is 0 Å². The molecular weight excluding hydrogens is 342 g/mol. The zero-order valence-corrected chi connectivity index (χ0v) is 16.3. The number of fused-ring (bicyclic) bond motifs is 1. The van der Waals surface area contributed by atoms with E-state index in [1.165, 1.54) is 23.8 Å². The Hall–Kier alpha value is -2.73. The van der Waals surface area contributed by atoms with Gasteiger partial charge in [-0.05, 0) is 42.2 Å². The van der Waals surface area contributed by atoms with Gasteiger partial charge in [-0.2, -0.15) is 0 Å². The molecule has 0 amide bonds. The predicted molar refractivity (Wildman–Crippen MR) is 109 cm³/mol. The van der Waals surface area contributed by atoms with E-state index in [0.29, 0.717) is 6.54 Å². The number of carboxylic acid groups (broad SMARTS) is 1. The monoisotopic (exact) mass is 369 g/mol. The highest BCUT2D eigenvalue weighted by Crippen LogP contribution is 2.44. The molecule has 0 fully saturated rings. The summed E-state index contributed by atoms with van der Waals surface area (Å²) in [4.78, 5) is 13.7. The van der Waals surface area contributed by atoms with Crippen molar-refractivity contribution in [2.24, 2.45) is 0 Å². The molecule has 0 aliphatic carbocycles. The summed E-state index contributed by atoms with van der Waals surface area (Å²) in [6.07, 6.45) is 0.975. The smallest absolute Gasteiger partial charge is 0.353 e. The molecule has 3 N–H and O–H groups in total. The molecule has 6 heteroatoms. The van der Waals surface area contributed by atoms with Gasteiger partial charge in [0.25, 0.3) is 0 Å². The molecule has 6 nitrogen and oxygen atoms in total. The molecule has 2 aromatic carbocycles. The number of nitrogens with one attached hydrogen (secondary N) is 2. The first-order valence-electron chi connectivity index (χ1n) is 9.13. The summed E-state index contributed by atoms with van der Waals surface area (Å²) >= 11 is 0. The topological polar surface area (TPSA) is 73.8 Å². The Labute approximate surface area is 160 Å². The van der Waals surface area contributed by atoms with Gasteiger partial charge in [0.2, 0.25) is 5.66 Å². The minimum Gasteiger partial charge on any atom is -0.478 e. The minimum atomic E-state index is -1.31. The Bertz CT molecular complexity index is 853. The van der Waals surface area contributed by atoms with E-state index in [2.05, 4.69) is 42.7 Å². The molecule has 27 heavy (non-hydrogen) atoms. The van der Waals surface area contributed by atoms with Crippen LogP contribution < -0.4 is 15.5 Å². The van der Waals surface area contributed by atoms with E-state index in [4.69, 9.17) is 4.74 Å². The summed E-state index contributed by atoms with van der Waals surface area (Å²) in [7, 11) is 3.28. The summed E-state index contributed by atoms with van der Waals surface area (Å²) < 4.78 is 5.20.